The summed E-state index contributed by atoms with van der Waals surface area (Å²) >= 11 is 0. The number of hydrogen-bond donors (Lipinski definition) is 2. The van der Waals surface area contributed by atoms with Crippen molar-refractivity contribution in [2.75, 3.05) is 25.0 Å². The van der Waals surface area contributed by atoms with Gasteiger partial charge in [0.05, 0.1) is 6.10 Å². The topological polar surface area (TPSA) is 35.5 Å². The van der Waals surface area contributed by atoms with Crippen LogP contribution in [0.4, 0.5) is 5.69 Å². The number of nitrogens with one attached hydrogen (secondary N) is 1. The van der Waals surface area contributed by atoms with E-state index >= 15 is 0 Å². The van der Waals surface area contributed by atoms with Crippen molar-refractivity contribution in [1.82, 2.24) is 5.32 Å². The zero-order chi connectivity index (χ0) is 13.0. The molecule has 1 unspecified atom stereocenters. The molecule has 1 aliphatic rings. The lowest BCUT2D eigenvalue weighted by atomic mass is 9.91. The molecule has 0 aromatic heterocycles. The molecule has 0 saturated carbocycles. The number of hydrogen-bond acceptors (Lipinski definition) is 3. The van der Waals surface area contributed by atoms with Gasteiger partial charge in [-0.1, -0.05) is 18.2 Å². The second kappa shape index (κ2) is 6.21. The summed E-state index contributed by atoms with van der Waals surface area (Å²) in [5, 5.41) is 12.9. The van der Waals surface area contributed by atoms with Gasteiger partial charge in [0, 0.05) is 25.3 Å². The molecular formula is C15H24N2O. The number of benzene rings is 1. The van der Waals surface area contributed by atoms with Crippen LogP contribution in [0.3, 0.4) is 0 Å². The second-order valence-corrected chi connectivity index (χ2v) is 5.22. The van der Waals surface area contributed by atoms with Crippen LogP contribution in [-0.4, -0.2) is 31.3 Å². The minimum atomic E-state index is -0.167. The quantitative estimate of drug-likeness (QED) is 0.855. The number of rotatable bonds is 4. The minimum absolute atomic E-state index is 0.167. The van der Waals surface area contributed by atoms with Gasteiger partial charge in [-0.05, 0) is 44.4 Å². The monoisotopic (exact) mass is 248 g/mol. The van der Waals surface area contributed by atoms with E-state index in [1.54, 1.807) is 0 Å². The molecule has 2 rings (SSSR count). The molecule has 1 atom stereocenters. The molecule has 1 aliphatic heterocycles. The maximum absolute atomic E-state index is 9.64. The van der Waals surface area contributed by atoms with Gasteiger partial charge >= 0.3 is 0 Å². The van der Waals surface area contributed by atoms with Crippen LogP contribution in [-0.2, 0) is 6.54 Å². The van der Waals surface area contributed by atoms with Gasteiger partial charge in [0.2, 0.25) is 0 Å². The summed E-state index contributed by atoms with van der Waals surface area (Å²) in [6.07, 6.45) is 2.01. The highest BCUT2D eigenvalue weighted by Crippen LogP contribution is 2.27. The van der Waals surface area contributed by atoms with E-state index in [1.165, 1.54) is 11.3 Å². The summed E-state index contributed by atoms with van der Waals surface area (Å²) in [4.78, 5) is 2.45. The second-order valence-electron chi connectivity index (χ2n) is 5.22. The highest BCUT2D eigenvalue weighted by molar-refractivity contribution is 5.53. The zero-order valence-corrected chi connectivity index (χ0v) is 11.4. The van der Waals surface area contributed by atoms with E-state index in [9.17, 15) is 5.11 Å². The lowest BCUT2D eigenvalue weighted by Gasteiger charge is -2.35. The molecule has 1 aromatic rings. The predicted molar refractivity (Wildman–Crippen MR) is 75.8 cm³/mol. The number of para-hydroxylation sites is 1. The molecule has 0 radical (unpaired) electrons. The minimum Gasteiger partial charge on any atom is -0.393 e. The summed E-state index contributed by atoms with van der Waals surface area (Å²) in [5.41, 5.74) is 2.70. The molecule has 0 spiro atoms. The molecule has 18 heavy (non-hydrogen) atoms. The maximum Gasteiger partial charge on any atom is 0.0541 e. The predicted octanol–water partition coefficient (Wildman–Crippen LogP) is 2.00. The third-order valence-corrected chi connectivity index (χ3v) is 3.92. The first-order chi connectivity index (χ1) is 8.72. The lowest BCUT2D eigenvalue weighted by Crippen LogP contribution is -2.37. The molecule has 1 saturated heterocycles. The lowest BCUT2D eigenvalue weighted by molar-refractivity contribution is 0.110. The molecule has 2 N–H and O–H groups in total. The zero-order valence-electron chi connectivity index (χ0n) is 11.4. The summed E-state index contributed by atoms with van der Waals surface area (Å²) in [5.74, 6) is 0.470. The van der Waals surface area contributed by atoms with E-state index in [2.05, 4.69) is 34.5 Å². The highest BCUT2D eigenvalue weighted by Gasteiger charge is 2.23. The van der Waals surface area contributed by atoms with Crippen molar-refractivity contribution >= 4 is 5.69 Å². The Labute approximate surface area is 110 Å². The maximum atomic E-state index is 9.64. The fraction of sp³-hybridized carbons (Fsp3) is 0.600. The summed E-state index contributed by atoms with van der Waals surface area (Å²) in [6.45, 7) is 4.92. The average Bonchev–Trinajstić information content (AvgIpc) is 2.40. The Balaban J connectivity index is 2.05. The number of piperidine rings is 1. The van der Waals surface area contributed by atoms with E-state index in [4.69, 9.17) is 0 Å². The average molecular weight is 248 g/mol. The first-order valence-corrected chi connectivity index (χ1v) is 6.88. The van der Waals surface area contributed by atoms with Crippen LogP contribution in [0.2, 0.25) is 0 Å². The van der Waals surface area contributed by atoms with Crippen molar-refractivity contribution in [3.8, 4) is 0 Å². The van der Waals surface area contributed by atoms with Gasteiger partial charge in [-0.15, -0.1) is 0 Å². The van der Waals surface area contributed by atoms with Crippen molar-refractivity contribution < 1.29 is 5.11 Å². The van der Waals surface area contributed by atoms with E-state index in [1.807, 2.05) is 14.0 Å². The number of anilines is 1. The van der Waals surface area contributed by atoms with Gasteiger partial charge in [-0.2, -0.15) is 0 Å². The Morgan fingerprint density at radius 1 is 1.33 bits per heavy atom. The van der Waals surface area contributed by atoms with Crippen LogP contribution in [0.25, 0.3) is 0 Å². The molecule has 1 fully saturated rings. The van der Waals surface area contributed by atoms with Crippen LogP contribution in [0, 0.1) is 5.92 Å². The number of aliphatic hydroxyl groups excluding tert-OH is 1. The van der Waals surface area contributed by atoms with Crippen molar-refractivity contribution in [2.45, 2.75) is 32.4 Å². The molecule has 0 amide bonds. The molecule has 0 bridgehead atoms. The Morgan fingerprint density at radius 2 is 2.00 bits per heavy atom. The van der Waals surface area contributed by atoms with Crippen LogP contribution in [0.1, 0.15) is 25.3 Å². The molecular weight excluding hydrogens is 224 g/mol. The van der Waals surface area contributed by atoms with Crippen LogP contribution < -0.4 is 10.2 Å². The van der Waals surface area contributed by atoms with Crippen LogP contribution >= 0.6 is 0 Å². The van der Waals surface area contributed by atoms with E-state index in [-0.39, 0.29) is 6.10 Å². The van der Waals surface area contributed by atoms with E-state index in [0.29, 0.717) is 5.92 Å². The summed E-state index contributed by atoms with van der Waals surface area (Å²) < 4.78 is 0. The first kappa shape index (κ1) is 13.4. The third kappa shape index (κ3) is 3.03. The number of nitrogens with zero attached hydrogens (tertiary/aromatic N) is 1. The van der Waals surface area contributed by atoms with Gasteiger partial charge in [0.15, 0.2) is 0 Å². The van der Waals surface area contributed by atoms with Crippen molar-refractivity contribution in [3.63, 3.8) is 0 Å². The SMILES string of the molecule is CNCc1ccccc1N1CCC(C(C)O)CC1. The molecule has 100 valence electrons. The Kier molecular flexibility index (Phi) is 4.61. The largest absolute Gasteiger partial charge is 0.393 e. The normalized spacial score (nSPS) is 18.9. The molecule has 1 heterocycles. The fourth-order valence-corrected chi connectivity index (χ4v) is 2.78. The number of aliphatic hydroxyl groups is 1. The Morgan fingerprint density at radius 3 is 2.61 bits per heavy atom. The molecule has 0 aliphatic carbocycles. The molecule has 3 nitrogen and oxygen atoms in total. The Bertz CT molecular complexity index is 371. The van der Waals surface area contributed by atoms with Crippen molar-refractivity contribution in [2.24, 2.45) is 5.92 Å². The summed E-state index contributed by atoms with van der Waals surface area (Å²) in [6, 6.07) is 8.59. The van der Waals surface area contributed by atoms with Crippen LogP contribution in [0.5, 0.6) is 0 Å². The van der Waals surface area contributed by atoms with Crippen molar-refractivity contribution in [1.29, 1.82) is 0 Å². The van der Waals surface area contributed by atoms with Gasteiger partial charge in [0.25, 0.3) is 0 Å². The van der Waals surface area contributed by atoms with Crippen LogP contribution in [0.15, 0.2) is 24.3 Å². The van der Waals surface area contributed by atoms with Gasteiger partial charge in [-0.25, -0.2) is 0 Å². The highest BCUT2D eigenvalue weighted by atomic mass is 16.3. The third-order valence-electron chi connectivity index (χ3n) is 3.92. The van der Waals surface area contributed by atoms with Gasteiger partial charge in [0.1, 0.15) is 0 Å². The van der Waals surface area contributed by atoms with Crippen molar-refractivity contribution in [3.05, 3.63) is 29.8 Å². The van der Waals surface area contributed by atoms with Gasteiger partial charge < -0.3 is 15.3 Å². The van der Waals surface area contributed by atoms with E-state index in [0.717, 1.165) is 32.5 Å². The molecule has 1 aromatic carbocycles. The standard InChI is InChI=1S/C15H24N2O/c1-12(18)13-7-9-17(10-8-13)15-6-4-3-5-14(15)11-16-2/h3-6,12-13,16,18H,7-11H2,1-2H3. The summed E-state index contributed by atoms with van der Waals surface area (Å²) in [7, 11) is 1.98. The van der Waals surface area contributed by atoms with Gasteiger partial charge in [-0.3, -0.25) is 0 Å². The molecule has 3 heteroatoms. The van der Waals surface area contributed by atoms with E-state index < -0.39 is 0 Å². The smallest absolute Gasteiger partial charge is 0.0541 e. The fourth-order valence-electron chi connectivity index (χ4n) is 2.78. The Hall–Kier alpha value is -1.06. The first-order valence-electron chi connectivity index (χ1n) is 6.88.